The second kappa shape index (κ2) is 4.63. The van der Waals surface area contributed by atoms with Crippen LogP contribution in [0.25, 0.3) is 0 Å². The van der Waals surface area contributed by atoms with Crippen molar-refractivity contribution < 1.29 is 9.47 Å². The first kappa shape index (κ1) is 11.7. The molecule has 0 aromatic heterocycles. The summed E-state index contributed by atoms with van der Waals surface area (Å²) < 4.78 is 11.7. The van der Waals surface area contributed by atoms with Crippen LogP contribution >= 0.6 is 47.8 Å². The Balaban J connectivity index is 2.40. The first-order valence-corrected chi connectivity index (χ1v) is 7.09. The Morgan fingerprint density at radius 2 is 1.80 bits per heavy atom. The molecule has 15 heavy (non-hydrogen) atoms. The number of ether oxygens (including phenoxy) is 2. The van der Waals surface area contributed by atoms with Crippen molar-refractivity contribution in [3.05, 3.63) is 22.2 Å². The van der Waals surface area contributed by atoms with Crippen LogP contribution in [0, 0.1) is 0 Å². The Hall–Kier alpha value is 0.260. The van der Waals surface area contributed by atoms with Crippen LogP contribution in [-0.2, 0) is 0 Å². The van der Waals surface area contributed by atoms with Crippen molar-refractivity contribution in [2.75, 3.05) is 6.79 Å². The van der Waals surface area contributed by atoms with Crippen LogP contribution in [0.3, 0.4) is 0 Å². The highest BCUT2D eigenvalue weighted by Gasteiger charge is 2.22. The van der Waals surface area contributed by atoms with Crippen LogP contribution in [0.2, 0.25) is 0 Å². The first-order chi connectivity index (χ1) is 7.09. The van der Waals surface area contributed by atoms with Gasteiger partial charge < -0.3 is 9.47 Å². The maximum absolute atomic E-state index is 5.34. The summed E-state index contributed by atoms with van der Waals surface area (Å²) in [6.45, 7) is 2.40. The lowest BCUT2D eigenvalue weighted by Crippen LogP contribution is -2.02. The quantitative estimate of drug-likeness (QED) is 0.685. The van der Waals surface area contributed by atoms with Crippen LogP contribution in [0.15, 0.2) is 16.6 Å². The molecule has 0 radical (unpaired) electrons. The van der Waals surface area contributed by atoms with Crippen molar-refractivity contribution in [3.8, 4) is 11.5 Å². The van der Waals surface area contributed by atoms with E-state index in [1.165, 1.54) is 0 Å². The molecule has 0 fully saturated rings. The monoisotopic (exact) mass is 398 g/mol. The van der Waals surface area contributed by atoms with E-state index in [1.54, 1.807) is 0 Å². The van der Waals surface area contributed by atoms with E-state index in [2.05, 4.69) is 54.7 Å². The van der Waals surface area contributed by atoms with E-state index < -0.39 is 0 Å². The Morgan fingerprint density at radius 1 is 1.20 bits per heavy atom. The van der Waals surface area contributed by atoms with E-state index in [4.69, 9.17) is 9.47 Å². The summed E-state index contributed by atoms with van der Waals surface area (Å²) in [6, 6.07) is 3.95. The van der Waals surface area contributed by atoms with Crippen molar-refractivity contribution in [1.29, 1.82) is 0 Å². The summed E-state index contributed by atoms with van der Waals surface area (Å²) in [5, 5.41) is 0. The van der Waals surface area contributed by atoms with E-state index in [9.17, 15) is 0 Å². The van der Waals surface area contributed by atoms with Gasteiger partial charge >= 0.3 is 0 Å². The molecule has 1 aromatic rings. The van der Waals surface area contributed by atoms with Gasteiger partial charge in [0.25, 0.3) is 0 Å². The molecule has 0 aliphatic carbocycles. The molecule has 0 bridgehead atoms. The molecule has 0 spiro atoms. The molecule has 0 N–H and O–H groups in total. The zero-order chi connectivity index (χ0) is 11.0. The van der Waals surface area contributed by atoms with Gasteiger partial charge in [-0.1, -0.05) is 54.7 Å². The fourth-order valence-corrected chi connectivity index (χ4v) is 2.93. The maximum Gasteiger partial charge on any atom is 0.231 e. The average molecular weight is 401 g/mol. The zero-order valence-corrected chi connectivity index (χ0v) is 12.7. The Labute approximate surface area is 114 Å². The van der Waals surface area contributed by atoms with Gasteiger partial charge in [-0.05, 0) is 17.7 Å². The molecular formula is C10H9Br3O2. The molecule has 2 atom stereocenters. The Morgan fingerprint density at radius 3 is 2.40 bits per heavy atom. The molecule has 5 heteroatoms. The van der Waals surface area contributed by atoms with Gasteiger partial charge in [-0.15, -0.1) is 0 Å². The predicted molar refractivity (Wildman–Crippen MR) is 70.3 cm³/mol. The number of halogens is 3. The smallest absolute Gasteiger partial charge is 0.231 e. The maximum atomic E-state index is 5.34. The summed E-state index contributed by atoms with van der Waals surface area (Å²) in [4.78, 5) is 0.579. The van der Waals surface area contributed by atoms with Gasteiger partial charge in [-0.2, -0.15) is 0 Å². The Bertz CT molecular complexity index is 379. The van der Waals surface area contributed by atoms with Crippen LogP contribution in [0.1, 0.15) is 17.3 Å². The third-order valence-corrected chi connectivity index (χ3v) is 5.40. The van der Waals surface area contributed by atoms with Crippen LogP contribution in [-0.4, -0.2) is 11.6 Å². The third kappa shape index (κ3) is 2.34. The van der Waals surface area contributed by atoms with Crippen LogP contribution in [0.4, 0.5) is 0 Å². The number of benzene rings is 1. The molecule has 1 aromatic carbocycles. The van der Waals surface area contributed by atoms with E-state index in [0.29, 0.717) is 11.6 Å². The van der Waals surface area contributed by atoms with Crippen molar-refractivity contribution in [2.45, 2.75) is 16.6 Å². The fraction of sp³-hybridized carbons (Fsp3) is 0.400. The van der Waals surface area contributed by atoms with Crippen LogP contribution < -0.4 is 9.47 Å². The summed E-state index contributed by atoms with van der Waals surface area (Å²) in [6.07, 6.45) is 0. The van der Waals surface area contributed by atoms with Gasteiger partial charge in [0.15, 0.2) is 11.5 Å². The fourth-order valence-electron chi connectivity index (χ4n) is 1.39. The normalized spacial score (nSPS) is 17.6. The van der Waals surface area contributed by atoms with Gasteiger partial charge in [0.05, 0.1) is 4.83 Å². The summed E-state index contributed by atoms with van der Waals surface area (Å²) in [5.41, 5.74) is 1.16. The topological polar surface area (TPSA) is 18.5 Å². The van der Waals surface area contributed by atoms with Gasteiger partial charge in [-0.3, -0.25) is 0 Å². The highest BCUT2D eigenvalue weighted by atomic mass is 79.9. The van der Waals surface area contributed by atoms with E-state index in [1.807, 2.05) is 12.1 Å². The lowest BCUT2D eigenvalue weighted by Gasteiger charge is -2.15. The van der Waals surface area contributed by atoms with Crippen molar-refractivity contribution in [3.63, 3.8) is 0 Å². The molecule has 82 valence electrons. The molecule has 0 saturated heterocycles. The molecule has 0 saturated carbocycles. The van der Waals surface area contributed by atoms with Gasteiger partial charge in [0.2, 0.25) is 6.79 Å². The largest absolute Gasteiger partial charge is 0.454 e. The van der Waals surface area contributed by atoms with E-state index in [0.717, 1.165) is 21.5 Å². The van der Waals surface area contributed by atoms with Crippen molar-refractivity contribution in [2.24, 2.45) is 0 Å². The van der Waals surface area contributed by atoms with Crippen LogP contribution in [0.5, 0.6) is 11.5 Å². The predicted octanol–water partition coefficient (Wildman–Crippen LogP) is 4.40. The zero-order valence-electron chi connectivity index (χ0n) is 7.97. The number of fused-ring (bicyclic) bond motifs is 1. The minimum absolute atomic E-state index is 0.237. The molecule has 2 unspecified atom stereocenters. The highest BCUT2D eigenvalue weighted by Crippen LogP contribution is 2.43. The SMILES string of the molecule is CC(Br)C(Br)c1cc2c(cc1Br)OCO2. The third-order valence-electron chi connectivity index (χ3n) is 2.19. The molecule has 2 rings (SSSR count). The number of hydrogen-bond donors (Lipinski definition) is 0. The Kier molecular flexibility index (Phi) is 3.63. The van der Waals surface area contributed by atoms with Gasteiger partial charge in [0.1, 0.15) is 0 Å². The summed E-state index contributed by atoms with van der Waals surface area (Å²) in [7, 11) is 0. The summed E-state index contributed by atoms with van der Waals surface area (Å²) >= 11 is 10.7. The van der Waals surface area contributed by atoms with E-state index >= 15 is 0 Å². The van der Waals surface area contributed by atoms with Crippen molar-refractivity contribution >= 4 is 47.8 Å². The highest BCUT2D eigenvalue weighted by molar-refractivity contribution is 9.12. The minimum Gasteiger partial charge on any atom is -0.454 e. The molecule has 1 heterocycles. The molecule has 0 amide bonds. The minimum atomic E-state index is 0.237. The van der Waals surface area contributed by atoms with Crippen molar-refractivity contribution in [1.82, 2.24) is 0 Å². The first-order valence-electron chi connectivity index (χ1n) is 4.47. The number of rotatable bonds is 2. The van der Waals surface area contributed by atoms with Gasteiger partial charge in [-0.25, -0.2) is 0 Å². The molecule has 1 aliphatic heterocycles. The second-order valence-corrected chi connectivity index (χ2v) is 6.59. The molecular weight excluding hydrogens is 392 g/mol. The number of hydrogen-bond acceptors (Lipinski definition) is 2. The van der Waals surface area contributed by atoms with E-state index in [-0.39, 0.29) is 4.83 Å². The number of alkyl halides is 2. The molecule has 2 nitrogen and oxygen atoms in total. The lowest BCUT2D eigenvalue weighted by molar-refractivity contribution is 0.174. The second-order valence-electron chi connectivity index (χ2n) is 3.31. The summed E-state index contributed by atoms with van der Waals surface area (Å²) in [5.74, 6) is 1.61. The molecule has 1 aliphatic rings. The van der Waals surface area contributed by atoms with Gasteiger partial charge in [0, 0.05) is 9.30 Å². The average Bonchev–Trinajstić information content (AvgIpc) is 2.62. The standard InChI is InChI=1S/C10H9Br3O2/c1-5(11)10(13)6-2-8-9(3-7(6)12)15-4-14-8/h2-3,5,10H,4H2,1H3. The lowest BCUT2D eigenvalue weighted by atomic mass is 10.1.